The van der Waals surface area contributed by atoms with Crippen LogP contribution in [0.5, 0.6) is 0 Å². The monoisotopic (exact) mass is 249 g/mol. The number of piperazine rings is 1. The second-order valence-corrected chi connectivity index (χ2v) is 4.80. The van der Waals surface area contributed by atoms with Gasteiger partial charge in [0.1, 0.15) is 0 Å². The summed E-state index contributed by atoms with van der Waals surface area (Å²) in [7, 11) is 0. The maximum Gasteiger partial charge on any atom is 0.506 e. The van der Waals surface area contributed by atoms with Crippen molar-refractivity contribution >= 4 is 6.98 Å². The van der Waals surface area contributed by atoms with Gasteiger partial charge in [0.2, 0.25) is 0 Å². The van der Waals surface area contributed by atoms with Crippen LogP contribution in [-0.4, -0.2) is 55.5 Å². The number of rotatable bonds is 5. The van der Waals surface area contributed by atoms with Crippen molar-refractivity contribution in [3.8, 4) is 0 Å². The Balaban J connectivity index is 2.35. The van der Waals surface area contributed by atoms with E-state index in [0.29, 0.717) is 19.1 Å². The van der Waals surface area contributed by atoms with Crippen LogP contribution in [0.2, 0.25) is 0 Å². The molecule has 2 nitrogen and oxygen atoms in total. The maximum atomic E-state index is 12.4. The molecule has 1 heterocycles. The fourth-order valence-corrected chi connectivity index (χ4v) is 2.01. The molecule has 0 radical (unpaired) electrons. The Morgan fingerprint density at radius 1 is 1.24 bits per heavy atom. The van der Waals surface area contributed by atoms with Gasteiger partial charge in [0.15, 0.2) is 0 Å². The summed E-state index contributed by atoms with van der Waals surface area (Å²) >= 11 is 0. The molecule has 0 aromatic rings. The highest BCUT2D eigenvalue weighted by atomic mass is 19.4. The molecule has 0 amide bonds. The molecule has 1 fully saturated rings. The van der Waals surface area contributed by atoms with E-state index >= 15 is 0 Å². The number of nitrogens with zero attached hydrogens (tertiary/aromatic N) is 2. The van der Waals surface area contributed by atoms with Crippen LogP contribution in [0.4, 0.5) is 12.9 Å². The minimum atomic E-state index is -4.88. The van der Waals surface area contributed by atoms with E-state index in [-0.39, 0.29) is 6.54 Å². The quantitative estimate of drug-likeness (QED) is 0.690. The fraction of sp³-hybridized carbons (Fsp3) is 0.818. The zero-order valence-electron chi connectivity index (χ0n) is 10.6. The first kappa shape index (κ1) is 14.6. The molecule has 0 aromatic carbocycles. The lowest BCUT2D eigenvalue weighted by Gasteiger charge is -2.39. The Morgan fingerprint density at radius 3 is 2.18 bits per heavy atom. The largest absolute Gasteiger partial charge is 0.506 e. The highest BCUT2D eigenvalue weighted by Gasteiger charge is 2.29. The lowest BCUT2D eigenvalue weighted by molar-refractivity contribution is 0.107. The Kier molecular flexibility index (Phi) is 5.07. The Bertz CT molecular complexity index is 260. The third-order valence-corrected chi connectivity index (χ3v) is 3.51. The van der Waals surface area contributed by atoms with Gasteiger partial charge in [-0.25, -0.2) is 0 Å². The van der Waals surface area contributed by atoms with Gasteiger partial charge in [-0.2, -0.15) is 0 Å². The van der Waals surface area contributed by atoms with Crippen molar-refractivity contribution in [2.75, 3.05) is 32.7 Å². The Hall–Kier alpha value is -0.485. The maximum absolute atomic E-state index is 12.4. The summed E-state index contributed by atoms with van der Waals surface area (Å²) < 4.78 is 37.2. The van der Waals surface area contributed by atoms with Crippen molar-refractivity contribution in [3.63, 3.8) is 0 Å². The van der Waals surface area contributed by atoms with E-state index < -0.39 is 12.4 Å². The fourth-order valence-electron chi connectivity index (χ4n) is 2.01. The SMILES string of the molecule is C=C(CN1CCN(C(C)CC)CC1)[B-](F)(F)F. The molecule has 1 saturated heterocycles. The van der Waals surface area contributed by atoms with Crippen molar-refractivity contribution in [3.05, 3.63) is 12.1 Å². The molecule has 100 valence electrons. The van der Waals surface area contributed by atoms with E-state index in [2.05, 4.69) is 25.3 Å². The predicted octanol–water partition coefficient (Wildman–Crippen LogP) is 2.35. The summed E-state index contributed by atoms with van der Waals surface area (Å²) in [6, 6.07) is 0.521. The van der Waals surface area contributed by atoms with Crippen LogP contribution >= 0.6 is 0 Å². The third kappa shape index (κ3) is 4.35. The summed E-state index contributed by atoms with van der Waals surface area (Å²) in [6.45, 7) is 5.64. The molecule has 1 aliphatic heterocycles. The van der Waals surface area contributed by atoms with E-state index in [9.17, 15) is 12.9 Å². The normalized spacial score (nSPS) is 21.5. The van der Waals surface area contributed by atoms with Gasteiger partial charge in [-0.3, -0.25) is 9.80 Å². The van der Waals surface area contributed by atoms with Crippen LogP contribution in [0.3, 0.4) is 0 Å². The van der Waals surface area contributed by atoms with Crippen LogP contribution in [0.1, 0.15) is 20.3 Å². The summed E-state index contributed by atoms with van der Waals surface area (Å²) in [5.74, 6) is 0. The molecule has 0 spiro atoms. The summed E-state index contributed by atoms with van der Waals surface area (Å²) in [4.78, 5) is 4.18. The second-order valence-electron chi connectivity index (χ2n) is 4.80. The zero-order valence-corrected chi connectivity index (χ0v) is 10.6. The highest BCUT2D eigenvalue weighted by molar-refractivity contribution is 6.66. The van der Waals surface area contributed by atoms with Crippen LogP contribution in [0.25, 0.3) is 0 Å². The van der Waals surface area contributed by atoms with Crippen LogP contribution in [0.15, 0.2) is 12.1 Å². The number of halogens is 3. The lowest BCUT2D eigenvalue weighted by atomic mass is 9.80. The molecule has 0 saturated carbocycles. The van der Waals surface area contributed by atoms with Gasteiger partial charge in [-0.05, 0) is 19.9 Å². The van der Waals surface area contributed by atoms with E-state index in [1.807, 2.05) is 4.90 Å². The lowest BCUT2D eigenvalue weighted by Crippen LogP contribution is -2.50. The van der Waals surface area contributed by atoms with E-state index in [0.717, 1.165) is 19.5 Å². The average Bonchev–Trinajstić information content (AvgIpc) is 2.27. The van der Waals surface area contributed by atoms with Crippen molar-refractivity contribution in [1.82, 2.24) is 9.80 Å². The predicted molar refractivity (Wildman–Crippen MR) is 66.0 cm³/mol. The zero-order chi connectivity index (χ0) is 13.1. The van der Waals surface area contributed by atoms with Gasteiger partial charge in [-0.15, -0.1) is 12.1 Å². The van der Waals surface area contributed by atoms with E-state index in [1.165, 1.54) is 0 Å². The molecular weight excluding hydrogens is 228 g/mol. The highest BCUT2D eigenvalue weighted by Crippen LogP contribution is 2.20. The van der Waals surface area contributed by atoms with Gasteiger partial charge in [0.05, 0.1) is 0 Å². The van der Waals surface area contributed by atoms with E-state index in [1.54, 1.807) is 0 Å². The first-order chi connectivity index (χ1) is 7.84. The number of hydrogen-bond donors (Lipinski definition) is 0. The third-order valence-electron chi connectivity index (χ3n) is 3.51. The minimum absolute atomic E-state index is 0.0299. The molecule has 0 aliphatic carbocycles. The number of hydrogen-bond acceptors (Lipinski definition) is 2. The summed E-state index contributed by atoms with van der Waals surface area (Å²) in [5, 5.41) is 0. The van der Waals surface area contributed by atoms with Crippen molar-refractivity contribution < 1.29 is 12.9 Å². The van der Waals surface area contributed by atoms with E-state index in [4.69, 9.17) is 0 Å². The first-order valence-electron chi connectivity index (χ1n) is 6.18. The average molecular weight is 249 g/mol. The van der Waals surface area contributed by atoms with Gasteiger partial charge in [0.25, 0.3) is 0 Å². The molecule has 6 heteroatoms. The smallest absolute Gasteiger partial charge is 0.445 e. The van der Waals surface area contributed by atoms with Crippen LogP contribution in [-0.2, 0) is 0 Å². The van der Waals surface area contributed by atoms with Crippen molar-refractivity contribution in [2.24, 2.45) is 0 Å². The van der Waals surface area contributed by atoms with Crippen molar-refractivity contribution in [1.29, 1.82) is 0 Å². The molecular formula is C11H21BF3N2-. The molecule has 1 aliphatic rings. The molecule has 1 unspecified atom stereocenters. The Labute approximate surface area is 102 Å². The second kappa shape index (κ2) is 5.91. The minimum Gasteiger partial charge on any atom is -0.445 e. The molecule has 0 aromatic heterocycles. The van der Waals surface area contributed by atoms with Crippen LogP contribution < -0.4 is 0 Å². The van der Waals surface area contributed by atoms with Gasteiger partial charge in [0, 0.05) is 32.2 Å². The molecule has 1 atom stereocenters. The van der Waals surface area contributed by atoms with Crippen molar-refractivity contribution in [2.45, 2.75) is 26.3 Å². The van der Waals surface area contributed by atoms with Gasteiger partial charge >= 0.3 is 6.98 Å². The summed E-state index contributed by atoms with van der Waals surface area (Å²) in [5.41, 5.74) is -0.581. The molecule has 1 rings (SSSR count). The molecule has 17 heavy (non-hydrogen) atoms. The Morgan fingerprint density at radius 2 is 1.76 bits per heavy atom. The topological polar surface area (TPSA) is 6.48 Å². The summed E-state index contributed by atoms with van der Waals surface area (Å²) in [6.07, 6.45) is 1.08. The first-order valence-corrected chi connectivity index (χ1v) is 6.18. The molecule has 0 bridgehead atoms. The molecule has 0 N–H and O–H groups in total. The van der Waals surface area contributed by atoms with Gasteiger partial charge < -0.3 is 12.9 Å². The van der Waals surface area contributed by atoms with Gasteiger partial charge in [-0.1, -0.05) is 6.92 Å². The van der Waals surface area contributed by atoms with Crippen LogP contribution in [0, 0.1) is 0 Å². The standard InChI is InChI=1S/C11H21BF3N2/c1-4-11(3)17-7-5-16(6-8-17)9-10(2)12(13,14)15/h11H,2,4-9H2,1,3H3/q-1.